The van der Waals surface area contributed by atoms with Crippen molar-refractivity contribution in [2.75, 3.05) is 13.1 Å². The molecule has 2 heterocycles. The van der Waals surface area contributed by atoms with Gasteiger partial charge in [-0.2, -0.15) is 13.2 Å². The Morgan fingerprint density at radius 1 is 0.967 bits per heavy atom. The van der Waals surface area contributed by atoms with E-state index in [2.05, 4.69) is 4.98 Å². The highest BCUT2D eigenvalue weighted by molar-refractivity contribution is 5.94. The fourth-order valence-electron chi connectivity index (χ4n) is 2.97. The summed E-state index contributed by atoms with van der Waals surface area (Å²) in [5.41, 5.74) is -0.330. The summed E-state index contributed by atoms with van der Waals surface area (Å²) in [7, 11) is 0. The van der Waals surface area contributed by atoms with Gasteiger partial charge in [0, 0.05) is 17.8 Å². The summed E-state index contributed by atoms with van der Waals surface area (Å²) >= 11 is 0. The maximum Gasteiger partial charge on any atom is 0.416 e. The van der Waals surface area contributed by atoms with Crippen molar-refractivity contribution in [1.29, 1.82) is 0 Å². The molecule has 0 N–H and O–H groups in total. The number of para-hydroxylation sites is 1. The molecule has 0 atom stereocenters. The summed E-state index contributed by atoms with van der Waals surface area (Å²) < 4.78 is 49.4. The normalized spacial score (nSPS) is 14.2. The van der Waals surface area contributed by atoms with Crippen molar-refractivity contribution in [3.63, 3.8) is 0 Å². The number of halogens is 3. The molecule has 0 saturated carbocycles. The minimum absolute atomic E-state index is 0.107. The van der Waals surface area contributed by atoms with E-state index < -0.39 is 17.8 Å². The molecule has 1 aliphatic rings. The van der Waals surface area contributed by atoms with Crippen LogP contribution in [0.1, 0.15) is 15.9 Å². The zero-order valence-corrected chi connectivity index (χ0v) is 15.7. The van der Waals surface area contributed by atoms with Gasteiger partial charge in [-0.1, -0.05) is 18.2 Å². The maximum absolute atomic E-state index is 12.8. The number of hydrogen-bond donors (Lipinski definition) is 0. The van der Waals surface area contributed by atoms with Crippen molar-refractivity contribution in [2.45, 2.75) is 12.3 Å². The van der Waals surface area contributed by atoms with Gasteiger partial charge in [-0.3, -0.25) is 4.79 Å². The summed E-state index contributed by atoms with van der Waals surface area (Å²) in [6, 6.07) is 17.8. The Hall–Kier alpha value is -3.55. The Morgan fingerprint density at radius 2 is 1.63 bits per heavy atom. The predicted octanol–water partition coefficient (Wildman–Crippen LogP) is 4.80. The summed E-state index contributed by atoms with van der Waals surface area (Å²) in [6.45, 7) is 0.554. The van der Waals surface area contributed by atoms with Crippen molar-refractivity contribution >= 4 is 5.91 Å². The molecule has 30 heavy (non-hydrogen) atoms. The van der Waals surface area contributed by atoms with Gasteiger partial charge in [-0.15, -0.1) is 0 Å². The number of aromatic nitrogens is 1. The van der Waals surface area contributed by atoms with Crippen LogP contribution in [0.2, 0.25) is 0 Å². The van der Waals surface area contributed by atoms with E-state index in [0.717, 1.165) is 18.3 Å². The van der Waals surface area contributed by atoms with Crippen LogP contribution in [0.25, 0.3) is 0 Å². The summed E-state index contributed by atoms with van der Waals surface area (Å²) in [5, 5.41) is 0. The van der Waals surface area contributed by atoms with Gasteiger partial charge in [0.25, 0.3) is 5.91 Å². The Bertz CT molecular complexity index is 1020. The molecule has 0 unspecified atom stereocenters. The molecule has 1 amide bonds. The van der Waals surface area contributed by atoms with Crippen LogP contribution >= 0.6 is 0 Å². The average Bonchev–Trinajstić information content (AvgIpc) is 2.71. The first kappa shape index (κ1) is 19.8. The van der Waals surface area contributed by atoms with E-state index >= 15 is 0 Å². The first-order chi connectivity index (χ1) is 14.4. The number of rotatable bonds is 5. The number of carbonyl (C=O) groups excluding carboxylic acids is 1. The van der Waals surface area contributed by atoms with Crippen LogP contribution in [0.15, 0.2) is 72.9 Å². The van der Waals surface area contributed by atoms with Crippen LogP contribution in [0.4, 0.5) is 13.2 Å². The number of alkyl halides is 3. The molecule has 1 fully saturated rings. The van der Waals surface area contributed by atoms with Gasteiger partial charge in [0.1, 0.15) is 17.6 Å². The molecular formula is C22H17F3N2O3. The topological polar surface area (TPSA) is 51.7 Å². The lowest BCUT2D eigenvalue weighted by molar-refractivity contribution is -0.137. The molecule has 8 heteroatoms. The summed E-state index contributed by atoms with van der Waals surface area (Å²) in [4.78, 5) is 17.9. The fourth-order valence-corrected chi connectivity index (χ4v) is 2.97. The van der Waals surface area contributed by atoms with Crippen molar-refractivity contribution in [2.24, 2.45) is 0 Å². The summed E-state index contributed by atoms with van der Waals surface area (Å²) in [5.74, 6) is 1.02. The zero-order chi connectivity index (χ0) is 21.1. The monoisotopic (exact) mass is 414 g/mol. The predicted molar refractivity (Wildman–Crippen MR) is 103 cm³/mol. The zero-order valence-electron chi connectivity index (χ0n) is 15.7. The summed E-state index contributed by atoms with van der Waals surface area (Å²) in [6.07, 6.45) is -3.80. The molecule has 0 bridgehead atoms. The SMILES string of the molecule is O=C(c1ccc(Oc2ccccc2)cc1)N1CC(Oc2cc(C(F)(F)F)ccn2)C1. The molecule has 1 saturated heterocycles. The Morgan fingerprint density at radius 3 is 2.30 bits per heavy atom. The van der Waals surface area contributed by atoms with Crippen LogP contribution in [-0.4, -0.2) is 35.0 Å². The highest BCUT2D eigenvalue weighted by Gasteiger charge is 2.34. The van der Waals surface area contributed by atoms with E-state index in [9.17, 15) is 18.0 Å². The number of likely N-dealkylation sites (tertiary alicyclic amines) is 1. The number of nitrogens with zero attached hydrogens (tertiary/aromatic N) is 2. The number of benzene rings is 2. The second-order valence-electron chi connectivity index (χ2n) is 6.77. The smallest absolute Gasteiger partial charge is 0.416 e. The van der Waals surface area contributed by atoms with E-state index in [4.69, 9.17) is 9.47 Å². The van der Waals surface area contributed by atoms with E-state index in [0.29, 0.717) is 17.1 Å². The molecule has 2 aromatic carbocycles. The second kappa shape index (κ2) is 8.06. The van der Waals surface area contributed by atoms with Gasteiger partial charge in [0.2, 0.25) is 5.88 Å². The minimum atomic E-state index is -4.46. The number of pyridine rings is 1. The van der Waals surface area contributed by atoms with Crippen molar-refractivity contribution < 1.29 is 27.4 Å². The van der Waals surface area contributed by atoms with Crippen molar-refractivity contribution in [3.05, 3.63) is 84.1 Å². The molecule has 1 aliphatic heterocycles. The van der Waals surface area contributed by atoms with E-state index in [-0.39, 0.29) is 24.9 Å². The third kappa shape index (κ3) is 4.53. The number of ether oxygens (including phenoxy) is 2. The molecule has 3 aromatic rings. The average molecular weight is 414 g/mol. The van der Waals surface area contributed by atoms with Gasteiger partial charge in [0.05, 0.1) is 18.7 Å². The van der Waals surface area contributed by atoms with E-state index in [1.807, 2.05) is 30.3 Å². The molecular weight excluding hydrogens is 397 g/mol. The highest BCUT2D eigenvalue weighted by Crippen LogP contribution is 2.31. The van der Waals surface area contributed by atoms with E-state index in [1.165, 1.54) is 0 Å². The third-order valence-corrected chi connectivity index (χ3v) is 4.57. The molecule has 0 spiro atoms. The van der Waals surface area contributed by atoms with Crippen LogP contribution in [-0.2, 0) is 6.18 Å². The van der Waals surface area contributed by atoms with Crippen LogP contribution < -0.4 is 9.47 Å². The first-order valence-electron chi connectivity index (χ1n) is 9.20. The lowest BCUT2D eigenvalue weighted by Gasteiger charge is -2.38. The van der Waals surface area contributed by atoms with Gasteiger partial charge in [-0.25, -0.2) is 4.98 Å². The molecule has 1 aromatic heterocycles. The number of hydrogen-bond acceptors (Lipinski definition) is 4. The number of carbonyl (C=O) groups is 1. The first-order valence-corrected chi connectivity index (χ1v) is 9.20. The van der Waals surface area contributed by atoms with Gasteiger partial charge >= 0.3 is 6.18 Å². The van der Waals surface area contributed by atoms with E-state index in [1.54, 1.807) is 29.2 Å². The molecule has 0 radical (unpaired) electrons. The lowest BCUT2D eigenvalue weighted by Crippen LogP contribution is -2.56. The van der Waals surface area contributed by atoms with Crippen molar-refractivity contribution in [1.82, 2.24) is 9.88 Å². The van der Waals surface area contributed by atoms with Gasteiger partial charge in [-0.05, 0) is 42.5 Å². The van der Waals surface area contributed by atoms with Gasteiger partial charge < -0.3 is 14.4 Å². The maximum atomic E-state index is 12.8. The fraction of sp³-hybridized carbons (Fsp3) is 0.182. The largest absolute Gasteiger partial charge is 0.471 e. The molecule has 0 aliphatic carbocycles. The van der Waals surface area contributed by atoms with Crippen LogP contribution in [0.5, 0.6) is 17.4 Å². The second-order valence-corrected chi connectivity index (χ2v) is 6.77. The molecule has 5 nitrogen and oxygen atoms in total. The molecule has 154 valence electrons. The lowest BCUT2D eigenvalue weighted by atomic mass is 10.1. The molecule has 4 rings (SSSR count). The Labute approximate surface area is 170 Å². The minimum Gasteiger partial charge on any atom is -0.471 e. The Kier molecular flexibility index (Phi) is 5.31. The van der Waals surface area contributed by atoms with Gasteiger partial charge in [0.15, 0.2) is 0 Å². The highest BCUT2D eigenvalue weighted by atomic mass is 19.4. The third-order valence-electron chi connectivity index (χ3n) is 4.57. The van der Waals surface area contributed by atoms with Crippen LogP contribution in [0, 0.1) is 0 Å². The Balaban J connectivity index is 1.31. The standard InChI is InChI=1S/C22H17F3N2O3/c23-22(24,25)16-10-11-26-20(12-16)30-19-13-27(14-19)21(28)15-6-8-18(9-7-15)29-17-4-2-1-3-5-17/h1-12,19H,13-14H2. The quantitative estimate of drug-likeness (QED) is 0.602. The number of amides is 1. The van der Waals surface area contributed by atoms with Crippen LogP contribution in [0.3, 0.4) is 0 Å². The van der Waals surface area contributed by atoms with Crippen molar-refractivity contribution in [3.8, 4) is 17.4 Å².